The molecule has 3 fully saturated rings. The molecule has 6 heterocycles. The SMILES string of the molecule is CO[C@@H]1CN(c2ccc3c(n2)CCN([C@H]2C[C@H]4CN(c5ccc(C#N)c6ncccc56)C[C@@H](C)N4C2)C3)C[C@H]1N. The number of ether oxygens (including phenoxy) is 1. The van der Waals surface area contributed by atoms with Crippen molar-refractivity contribution in [1.29, 1.82) is 5.26 Å². The number of hydrogen-bond acceptors (Lipinski definition) is 9. The van der Waals surface area contributed by atoms with Crippen molar-refractivity contribution in [3.05, 3.63) is 59.4 Å². The number of hydrogen-bond donors (Lipinski definition) is 1. The standard InChI is InChI=1S/C31H38N8O/c1-20-14-37(28-7-5-21(13-32)31-25(28)4-3-10-34-31)16-24-12-23(17-39(20)24)36-11-9-27-22(15-36)6-8-30(35-27)38-18-26(33)29(19-38)40-2/h3-8,10,20,23-24,26,29H,9,11-12,14-19,33H2,1-2H3/t20-,23+,24+,26-,29-/m1/s1. The smallest absolute Gasteiger partial charge is 0.128 e. The van der Waals surface area contributed by atoms with Gasteiger partial charge in [-0.1, -0.05) is 6.07 Å². The molecule has 1 aromatic carbocycles. The molecule has 0 radical (unpaired) electrons. The van der Waals surface area contributed by atoms with Crippen molar-refractivity contribution in [3.63, 3.8) is 0 Å². The number of anilines is 2. The van der Waals surface area contributed by atoms with Crippen LogP contribution in [0.5, 0.6) is 0 Å². The van der Waals surface area contributed by atoms with Crippen molar-refractivity contribution in [2.24, 2.45) is 5.73 Å². The van der Waals surface area contributed by atoms with E-state index in [-0.39, 0.29) is 12.1 Å². The van der Waals surface area contributed by atoms with Crippen molar-refractivity contribution in [2.45, 2.75) is 56.6 Å². The van der Waals surface area contributed by atoms with Crippen LogP contribution in [0.2, 0.25) is 0 Å². The average molecular weight is 539 g/mol. The van der Waals surface area contributed by atoms with Crippen LogP contribution >= 0.6 is 0 Å². The van der Waals surface area contributed by atoms with Gasteiger partial charge in [-0.05, 0) is 49.2 Å². The Bertz CT molecular complexity index is 1460. The fourth-order valence-corrected chi connectivity index (χ4v) is 7.52. The first-order valence-corrected chi connectivity index (χ1v) is 14.6. The second-order valence-electron chi connectivity index (χ2n) is 12.0. The van der Waals surface area contributed by atoms with E-state index in [0.29, 0.717) is 23.7 Å². The zero-order chi connectivity index (χ0) is 27.4. The van der Waals surface area contributed by atoms with E-state index in [1.54, 1.807) is 13.3 Å². The second-order valence-corrected chi connectivity index (χ2v) is 12.0. The summed E-state index contributed by atoms with van der Waals surface area (Å²) >= 11 is 0. The van der Waals surface area contributed by atoms with E-state index in [0.717, 1.165) is 69.0 Å². The number of piperazine rings is 1. The van der Waals surface area contributed by atoms with Gasteiger partial charge in [0.2, 0.25) is 0 Å². The molecule has 0 spiro atoms. The first kappa shape index (κ1) is 25.7. The Morgan fingerprint density at radius 3 is 2.75 bits per heavy atom. The molecule has 3 saturated heterocycles. The number of fused-ring (bicyclic) bond motifs is 3. The maximum atomic E-state index is 9.58. The summed E-state index contributed by atoms with van der Waals surface area (Å²) in [7, 11) is 1.74. The molecule has 2 N–H and O–H groups in total. The van der Waals surface area contributed by atoms with E-state index in [9.17, 15) is 5.26 Å². The summed E-state index contributed by atoms with van der Waals surface area (Å²) in [4.78, 5) is 19.8. The third kappa shape index (κ3) is 4.40. The van der Waals surface area contributed by atoms with E-state index >= 15 is 0 Å². The average Bonchev–Trinajstić information content (AvgIpc) is 3.59. The molecule has 0 saturated carbocycles. The third-order valence-electron chi connectivity index (χ3n) is 9.64. The van der Waals surface area contributed by atoms with Gasteiger partial charge >= 0.3 is 0 Å². The lowest BCUT2D eigenvalue weighted by molar-refractivity contribution is 0.108. The van der Waals surface area contributed by atoms with Crippen LogP contribution in [0, 0.1) is 11.3 Å². The van der Waals surface area contributed by atoms with Gasteiger partial charge in [-0.2, -0.15) is 5.26 Å². The number of nitrogens with zero attached hydrogens (tertiary/aromatic N) is 7. The molecular formula is C31H38N8O. The lowest BCUT2D eigenvalue weighted by Crippen LogP contribution is -2.55. The second kappa shape index (κ2) is 10.3. The number of benzene rings is 1. The van der Waals surface area contributed by atoms with Crippen molar-refractivity contribution in [1.82, 2.24) is 19.8 Å². The maximum Gasteiger partial charge on any atom is 0.128 e. The molecule has 5 atom stereocenters. The lowest BCUT2D eigenvalue weighted by atomic mass is 10.0. The van der Waals surface area contributed by atoms with E-state index in [1.165, 1.54) is 23.4 Å². The zero-order valence-electron chi connectivity index (χ0n) is 23.4. The molecule has 40 heavy (non-hydrogen) atoms. The number of nitriles is 1. The van der Waals surface area contributed by atoms with Gasteiger partial charge in [0.15, 0.2) is 0 Å². The molecule has 4 aliphatic heterocycles. The Hall–Kier alpha value is -3.29. The minimum absolute atomic E-state index is 0.0323. The number of methoxy groups -OCH3 is 1. The minimum Gasteiger partial charge on any atom is -0.378 e. The molecule has 0 bridgehead atoms. The molecule has 0 amide bonds. The number of rotatable bonds is 4. The van der Waals surface area contributed by atoms with Crippen molar-refractivity contribution < 1.29 is 4.74 Å². The highest BCUT2D eigenvalue weighted by molar-refractivity contribution is 5.95. The quantitative estimate of drug-likeness (QED) is 0.537. The highest BCUT2D eigenvalue weighted by Crippen LogP contribution is 2.36. The maximum absolute atomic E-state index is 9.58. The Labute approximate surface area is 236 Å². The van der Waals surface area contributed by atoms with E-state index < -0.39 is 0 Å². The molecule has 208 valence electrons. The predicted molar refractivity (Wildman–Crippen MR) is 156 cm³/mol. The van der Waals surface area contributed by atoms with Gasteiger partial charge in [0.1, 0.15) is 11.9 Å². The number of nitrogens with two attached hydrogens (primary N) is 1. The minimum atomic E-state index is 0.0323. The van der Waals surface area contributed by atoms with Gasteiger partial charge in [-0.15, -0.1) is 0 Å². The fourth-order valence-electron chi connectivity index (χ4n) is 7.52. The van der Waals surface area contributed by atoms with Gasteiger partial charge in [0, 0.05) is 100 Å². The third-order valence-corrected chi connectivity index (χ3v) is 9.64. The molecule has 9 heteroatoms. The normalized spacial score (nSPS) is 29.0. The molecule has 7 rings (SSSR count). The molecule has 4 aliphatic rings. The van der Waals surface area contributed by atoms with Crippen molar-refractivity contribution in [3.8, 4) is 6.07 Å². The van der Waals surface area contributed by atoms with Crippen LogP contribution in [0.1, 0.15) is 30.2 Å². The van der Waals surface area contributed by atoms with Crippen LogP contribution < -0.4 is 15.5 Å². The van der Waals surface area contributed by atoms with Gasteiger partial charge in [0.05, 0.1) is 23.2 Å². The Balaban J connectivity index is 1.04. The van der Waals surface area contributed by atoms with Gasteiger partial charge in [-0.3, -0.25) is 14.8 Å². The van der Waals surface area contributed by atoms with Crippen LogP contribution in [0.25, 0.3) is 10.9 Å². The number of pyridine rings is 2. The van der Waals surface area contributed by atoms with E-state index in [4.69, 9.17) is 15.5 Å². The van der Waals surface area contributed by atoms with Crippen molar-refractivity contribution >= 4 is 22.4 Å². The van der Waals surface area contributed by atoms with Gasteiger partial charge in [0.25, 0.3) is 0 Å². The zero-order valence-corrected chi connectivity index (χ0v) is 23.4. The van der Waals surface area contributed by atoms with Crippen molar-refractivity contribution in [2.75, 3.05) is 56.2 Å². The van der Waals surface area contributed by atoms with E-state index in [2.05, 4.69) is 61.8 Å². The summed E-state index contributed by atoms with van der Waals surface area (Å²) in [5.74, 6) is 1.03. The number of aromatic nitrogens is 2. The Morgan fingerprint density at radius 2 is 1.93 bits per heavy atom. The Morgan fingerprint density at radius 1 is 1.02 bits per heavy atom. The van der Waals surface area contributed by atoms with E-state index in [1.807, 2.05) is 12.1 Å². The van der Waals surface area contributed by atoms with Crippen LogP contribution in [0.3, 0.4) is 0 Å². The molecule has 2 aromatic heterocycles. The van der Waals surface area contributed by atoms with Crippen LogP contribution in [0.4, 0.5) is 11.5 Å². The fraction of sp³-hybridized carbons (Fsp3) is 0.516. The molecule has 0 aliphatic carbocycles. The molecular weight excluding hydrogens is 500 g/mol. The summed E-state index contributed by atoms with van der Waals surface area (Å²) in [5, 5.41) is 10.7. The largest absolute Gasteiger partial charge is 0.378 e. The Kier molecular flexibility index (Phi) is 6.59. The highest BCUT2D eigenvalue weighted by atomic mass is 16.5. The van der Waals surface area contributed by atoms with Crippen LogP contribution in [-0.2, 0) is 17.7 Å². The van der Waals surface area contributed by atoms with Crippen LogP contribution in [0.15, 0.2) is 42.6 Å². The molecule has 3 aromatic rings. The summed E-state index contributed by atoms with van der Waals surface area (Å²) < 4.78 is 5.54. The molecule has 0 unspecified atom stereocenters. The lowest BCUT2D eigenvalue weighted by Gasteiger charge is -2.43. The topological polar surface area (TPSA) is 97.8 Å². The summed E-state index contributed by atoms with van der Waals surface area (Å²) in [6.45, 7) is 9.10. The van der Waals surface area contributed by atoms with Gasteiger partial charge in [-0.25, -0.2) is 4.98 Å². The summed E-state index contributed by atoms with van der Waals surface area (Å²) in [6, 6.07) is 16.5. The first-order valence-electron chi connectivity index (χ1n) is 14.6. The van der Waals surface area contributed by atoms with Gasteiger partial charge < -0.3 is 20.3 Å². The summed E-state index contributed by atoms with van der Waals surface area (Å²) in [5.41, 5.74) is 11.5. The van der Waals surface area contributed by atoms with Crippen LogP contribution in [-0.4, -0.2) is 96.4 Å². The predicted octanol–water partition coefficient (Wildman–Crippen LogP) is 2.37. The first-order chi connectivity index (χ1) is 19.5. The summed E-state index contributed by atoms with van der Waals surface area (Å²) in [6.07, 6.45) is 4.02. The molecule has 9 nitrogen and oxygen atoms in total. The monoisotopic (exact) mass is 538 g/mol. The highest BCUT2D eigenvalue weighted by Gasteiger charge is 2.42.